The Morgan fingerprint density at radius 2 is 2.11 bits per heavy atom. The van der Waals surface area contributed by atoms with E-state index in [1.54, 1.807) is 0 Å². The lowest BCUT2D eigenvalue weighted by Gasteiger charge is -2.17. The predicted octanol–water partition coefficient (Wildman–Crippen LogP) is 2.49. The summed E-state index contributed by atoms with van der Waals surface area (Å²) in [4.78, 5) is 0. The maximum atomic E-state index is 4.21. The molecule has 0 radical (unpaired) electrons. The summed E-state index contributed by atoms with van der Waals surface area (Å²) in [5.74, 6) is 0. The first kappa shape index (κ1) is 13.8. The highest BCUT2D eigenvalue weighted by Crippen LogP contribution is 2.13. The Balaban J connectivity index is 1.92. The fourth-order valence-electron chi connectivity index (χ4n) is 2.39. The topological polar surface area (TPSA) is 29.9 Å². The Morgan fingerprint density at radius 1 is 1.32 bits per heavy atom. The summed E-state index contributed by atoms with van der Waals surface area (Å²) < 4.78 is 1.87. The fourth-order valence-corrected chi connectivity index (χ4v) is 2.39. The molecule has 1 heterocycles. The molecule has 2 rings (SSSR count). The van der Waals surface area contributed by atoms with Gasteiger partial charge >= 0.3 is 0 Å². The molecule has 3 heteroatoms. The Labute approximate surface area is 115 Å². The summed E-state index contributed by atoms with van der Waals surface area (Å²) in [6, 6.07) is 9.15. The summed E-state index contributed by atoms with van der Waals surface area (Å²) in [7, 11) is 4.01. The van der Waals surface area contributed by atoms with Gasteiger partial charge in [-0.2, -0.15) is 5.10 Å². The van der Waals surface area contributed by atoms with Crippen LogP contribution in [0.25, 0.3) is 0 Å². The Bertz CT molecular complexity index is 516. The lowest BCUT2D eigenvalue weighted by atomic mass is 9.97. The van der Waals surface area contributed by atoms with Gasteiger partial charge in [-0.25, -0.2) is 0 Å². The number of likely N-dealkylation sites (N-methyl/N-ethyl adjacent to an activating group) is 1. The van der Waals surface area contributed by atoms with E-state index in [4.69, 9.17) is 0 Å². The quantitative estimate of drug-likeness (QED) is 0.861. The fraction of sp³-hybridized carbons (Fsp3) is 0.438. The summed E-state index contributed by atoms with van der Waals surface area (Å²) in [6.45, 7) is 2.18. The monoisotopic (exact) mass is 257 g/mol. The van der Waals surface area contributed by atoms with Crippen LogP contribution in [0.5, 0.6) is 0 Å². The number of hydrogen-bond donors (Lipinski definition) is 1. The Hall–Kier alpha value is -1.61. The van der Waals surface area contributed by atoms with Crippen molar-refractivity contribution in [2.45, 2.75) is 32.2 Å². The summed E-state index contributed by atoms with van der Waals surface area (Å²) in [5.41, 5.74) is 4.13. The second kappa shape index (κ2) is 6.53. The largest absolute Gasteiger partial charge is 0.317 e. The van der Waals surface area contributed by atoms with E-state index in [0.29, 0.717) is 6.04 Å². The van der Waals surface area contributed by atoms with Crippen molar-refractivity contribution in [3.8, 4) is 0 Å². The van der Waals surface area contributed by atoms with Gasteiger partial charge in [0.2, 0.25) is 0 Å². The minimum Gasteiger partial charge on any atom is -0.317 e. The lowest BCUT2D eigenvalue weighted by molar-refractivity contribution is 0.519. The number of hydrogen-bond acceptors (Lipinski definition) is 2. The van der Waals surface area contributed by atoms with Gasteiger partial charge < -0.3 is 5.32 Å². The van der Waals surface area contributed by atoms with Gasteiger partial charge in [0.25, 0.3) is 0 Å². The number of rotatable bonds is 6. The molecule has 1 N–H and O–H groups in total. The first-order valence-electron chi connectivity index (χ1n) is 6.88. The van der Waals surface area contributed by atoms with Crippen molar-refractivity contribution in [3.63, 3.8) is 0 Å². The summed E-state index contributed by atoms with van der Waals surface area (Å²) >= 11 is 0. The predicted molar refractivity (Wildman–Crippen MR) is 79.3 cm³/mol. The summed E-state index contributed by atoms with van der Waals surface area (Å²) in [5, 5.41) is 7.64. The van der Waals surface area contributed by atoms with E-state index in [9.17, 15) is 0 Å². The molecule has 0 saturated carbocycles. The van der Waals surface area contributed by atoms with Crippen molar-refractivity contribution in [2.75, 3.05) is 7.05 Å². The molecule has 19 heavy (non-hydrogen) atoms. The van der Waals surface area contributed by atoms with E-state index >= 15 is 0 Å². The van der Waals surface area contributed by atoms with E-state index < -0.39 is 0 Å². The number of benzene rings is 1. The van der Waals surface area contributed by atoms with Crippen LogP contribution in [-0.2, 0) is 19.9 Å². The third kappa shape index (κ3) is 3.93. The van der Waals surface area contributed by atoms with Crippen LogP contribution < -0.4 is 5.32 Å². The average Bonchev–Trinajstić information content (AvgIpc) is 2.82. The first-order valence-corrected chi connectivity index (χ1v) is 6.88. The van der Waals surface area contributed by atoms with E-state index in [0.717, 1.165) is 19.3 Å². The molecule has 0 spiro atoms. The van der Waals surface area contributed by atoms with E-state index in [-0.39, 0.29) is 0 Å². The molecule has 0 bridgehead atoms. The van der Waals surface area contributed by atoms with E-state index in [1.807, 2.05) is 25.0 Å². The second-order valence-corrected chi connectivity index (χ2v) is 5.18. The maximum Gasteiger partial charge on any atom is 0.0521 e. The molecule has 0 fully saturated rings. The number of nitrogens with one attached hydrogen (secondary N) is 1. The van der Waals surface area contributed by atoms with Crippen molar-refractivity contribution in [3.05, 3.63) is 53.3 Å². The maximum absolute atomic E-state index is 4.21. The van der Waals surface area contributed by atoms with Crippen LogP contribution in [0.15, 0.2) is 36.7 Å². The number of aryl methyl sites for hydroxylation is 3. The van der Waals surface area contributed by atoms with Crippen LogP contribution in [0.2, 0.25) is 0 Å². The third-order valence-corrected chi connectivity index (χ3v) is 3.68. The number of nitrogens with zero attached hydrogens (tertiary/aromatic N) is 2. The Kier molecular flexibility index (Phi) is 4.74. The third-order valence-electron chi connectivity index (χ3n) is 3.68. The van der Waals surface area contributed by atoms with E-state index in [1.165, 1.54) is 16.7 Å². The zero-order valence-electron chi connectivity index (χ0n) is 12.1. The van der Waals surface area contributed by atoms with Crippen molar-refractivity contribution in [1.82, 2.24) is 15.1 Å². The Morgan fingerprint density at radius 3 is 2.74 bits per heavy atom. The molecule has 0 aliphatic rings. The van der Waals surface area contributed by atoms with Crippen LogP contribution >= 0.6 is 0 Å². The molecule has 1 unspecified atom stereocenters. The highest BCUT2D eigenvalue weighted by molar-refractivity contribution is 5.26. The van der Waals surface area contributed by atoms with Gasteiger partial charge in [-0.3, -0.25) is 4.68 Å². The number of aromatic nitrogens is 2. The molecule has 3 nitrogen and oxygen atoms in total. The van der Waals surface area contributed by atoms with Gasteiger partial charge in [0.1, 0.15) is 0 Å². The van der Waals surface area contributed by atoms with E-state index in [2.05, 4.69) is 47.8 Å². The highest BCUT2D eigenvalue weighted by atomic mass is 15.2. The molecule has 0 saturated heterocycles. The van der Waals surface area contributed by atoms with Crippen LogP contribution in [0.1, 0.15) is 23.1 Å². The highest BCUT2D eigenvalue weighted by Gasteiger charge is 2.09. The zero-order chi connectivity index (χ0) is 13.7. The standard InChI is InChI=1S/C16H23N3/c1-13-6-4-5-7-15(13)10-16(17-2)9-8-14-11-18-19(3)12-14/h4-7,11-12,16-17H,8-10H2,1-3H3. The van der Waals surface area contributed by atoms with Gasteiger partial charge in [0.15, 0.2) is 0 Å². The lowest BCUT2D eigenvalue weighted by Crippen LogP contribution is -2.28. The molecule has 2 aromatic rings. The molecule has 1 atom stereocenters. The normalized spacial score (nSPS) is 12.6. The molecule has 102 valence electrons. The molecule has 0 aliphatic heterocycles. The molecule has 0 amide bonds. The van der Waals surface area contributed by atoms with Crippen LogP contribution in [0.3, 0.4) is 0 Å². The SMILES string of the molecule is CNC(CCc1cnn(C)c1)Cc1ccccc1C. The molecule has 1 aromatic carbocycles. The average molecular weight is 257 g/mol. The van der Waals surface area contributed by atoms with Crippen molar-refractivity contribution < 1.29 is 0 Å². The second-order valence-electron chi connectivity index (χ2n) is 5.18. The van der Waals surface area contributed by atoms with Crippen LogP contribution in [-0.4, -0.2) is 22.9 Å². The van der Waals surface area contributed by atoms with Gasteiger partial charge in [-0.05, 0) is 49.9 Å². The molecule has 1 aromatic heterocycles. The smallest absolute Gasteiger partial charge is 0.0521 e. The van der Waals surface area contributed by atoms with Gasteiger partial charge in [-0.15, -0.1) is 0 Å². The minimum absolute atomic E-state index is 0.515. The summed E-state index contributed by atoms with van der Waals surface area (Å²) in [6.07, 6.45) is 7.35. The van der Waals surface area contributed by atoms with Crippen molar-refractivity contribution >= 4 is 0 Å². The van der Waals surface area contributed by atoms with Crippen molar-refractivity contribution in [1.29, 1.82) is 0 Å². The first-order chi connectivity index (χ1) is 9.19. The van der Waals surface area contributed by atoms with Crippen LogP contribution in [0.4, 0.5) is 0 Å². The van der Waals surface area contributed by atoms with Gasteiger partial charge in [0.05, 0.1) is 6.20 Å². The zero-order valence-corrected chi connectivity index (χ0v) is 12.1. The van der Waals surface area contributed by atoms with Crippen LogP contribution in [0, 0.1) is 6.92 Å². The van der Waals surface area contributed by atoms with Gasteiger partial charge in [-0.1, -0.05) is 24.3 Å². The van der Waals surface area contributed by atoms with Crippen molar-refractivity contribution in [2.24, 2.45) is 7.05 Å². The van der Waals surface area contributed by atoms with Gasteiger partial charge in [0, 0.05) is 19.3 Å². The minimum atomic E-state index is 0.515. The molecular formula is C16H23N3. The molecular weight excluding hydrogens is 234 g/mol. The molecule has 0 aliphatic carbocycles.